The van der Waals surface area contributed by atoms with Crippen LogP contribution in [0.25, 0.3) is 0 Å². The van der Waals surface area contributed by atoms with Crippen LogP contribution in [-0.4, -0.2) is 45.3 Å². The molecule has 0 aliphatic heterocycles. The molecule has 2 rings (SSSR count). The van der Waals surface area contributed by atoms with E-state index in [0.717, 1.165) is 43.6 Å². The number of rotatable bonds is 19. The monoisotopic (exact) mass is 514 g/mol. The van der Waals surface area contributed by atoms with E-state index in [9.17, 15) is 5.11 Å². The first-order valence-corrected chi connectivity index (χ1v) is 13.9. The molecule has 0 radical (unpaired) electrons. The number of hydrogen-bond donors (Lipinski definition) is 1. The molecule has 208 valence electrons. The molecule has 1 N–H and O–H groups in total. The summed E-state index contributed by atoms with van der Waals surface area (Å²) in [6, 6.07) is 16.5. The van der Waals surface area contributed by atoms with Crippen LogP contribution in [0.15, 0.2) is 48.5 Å². The highest BCUT2D eigenvalue weighted by Crippen LogP contribution is 2.32. The van der Waals surface area contributed by atoms with Crippen molar-refractivity contribution in [1.82, 2.24) is 0 Å². The summed E-state index contributed by atoms with van der Waals surface area (Å²) in [4.78, 5) is 0. The van der Waals surface area contributed by atoms with Crippen molar-refractivity contribution in [2.45, 2.75) is 72.5 Å². The van der Waals surface area contributed by atoms with E-state index in [4.69, 9.17) is 18.9 Å². The second-order valence-electron chi connectivity index (χ2n) is 10.9. The normalized spacial score (nSPS) is 14.1. The predicted octanol–water partition coefficient (Wildman–Crippen LogP) is 6.95. The summed E-state index contributed by atoms with van der Waals surface area (Å²) >= 11 is 0. The van der Waals surface area contributed by atoms with Crippen molar-refractivity contribution in [2.24, 2.45) is 23.7 Å². The lowest BCUT2D eigenvalue weighted by atomic mass is 9.83. The van der Waals surface area contributed by atoms with Crippen molar-refractivity contribution >= 4 is 0 Å². The molecule has 0 aliphatic rings. The van der Waals surface area contributed by atoms with Gasteiger partial charge in [-0.3, -0.25) is 0 Å². The summed E-state index contributed by atoms with van der Waals surface area (Å²) in [5.41, 5.74) is 2.43. The highest BCUT2D eigenvalue weighted by atomic mass is 16.5. The van der Waals surface area contributed by atoms with Gasteiger partial charge >= 0.3 is 0 Å². The third kappa shape index (κ3) is 11.9. The van der Waals surface area contributed by atoms with E-state index < -0.39 is 0 Å². The molecule has 0 saturated carbocycles. The third-order valence-electron chi connectivity index (χ3n) is 7.25. The Labute approximate surface area is 225 Å². The number of aliphatic hydroxyl groups is 1. The van der Waals surface area contributed by atoms with E-state index in [0.29, 0.717) is 50.1 Å². The average molecular weight is 515 g/mol. The molecule has 0 amide bonds. The maximum atomic E-state index is 10.9. The molecule has 0 saturated heterocycles. The van der Waals surface area contributed by atoms with E-state index in [1.165, 1.54) is 11.1 Å². The van der Waals surface area contributed by atoms with Crippen LogP contribution in [0.2, 0.25) is 0 Å². The molecule has 0 aromatic heterocycles. The molecular weight excluding hydrogens is 464 g/mol. The van der Waals surface area contributed by atoms with Gasteiger partial charge in [-0.15, -0.1) is 0 Å². The van der Waals surface area contributed by atoms with E-state index in [2.05, 4.69) is 52.0 Å². The standard InChI is InChI=1S/C32H50O5/c1-24(2)28(19-27-13-16-31(35-6)32(20-27)37-18-10-17-34-5)14-15-30(33)21-29(25(3)4)23-36-22-26-11-8-7-9-12-26/h7-9,11-13,16,20,24-25,28-30,33H,10,14-15,17-19,21-23H2,1-6H3. The molecule has 0 bridgehead atoms. The van der Waals surface area contributed by atoms with Gasteiger partial charge in [-0.05, 0) is 72.6 Å². The quantitative estimate of drug-likeness (QED) is 0.206. The maximum Gasteiger partial charge on any atom is 0.161 e. The van der Waals surface area contributed by atoms with E-state index in [1.807, 2.05) is 24.3 Å². The maximum absolute atomic E-state index is 10.9. The van der Waals surface area contributed by atoms with Crippen molar-refractivity contribution in [2.75, 3.05) is 34.0 Å². The summed E-state index contributed by atoms with van der Waals surface area (Å²) in [6.07, 6.45) is 4.05. The molecule has 0 heterocycles. The van der Waals surface area contributed by atoms with Crippen LogP contribution in [0.3, 0.4) is 0 Å². The Balaban J connectivity index is 1.88. The number of methoxy groups -OCH3 is 2. The topological polar surface area (TPSA) is 57.2 Å². The van der Waals surface area contributed by atoms with Crippen LogP contribution in [-0.2, 0) is 22.5 Å². The van der Waals surface area contributed by atoms with E-state index in [1.54, 1.807) is 14.2 Å². The van der Waals surface area contributed by atoms with Gasteiger partial charge < -0.3 is 24.1 Å². The minimum absolute atomic E-state index is 0.315. The van der Waals surface area contributed by atoms with Crippen molar-refractivity contribution in [3.63, 3.8) is 0 Å². The first kappa shape index (κ1) is 31.1. The van der Waals surface area contributed by atoms with Gasteiger partial charge in [-0.1, -0.05) is 64.1 Å². The second kappa shape index (κ2) is 17.4. The van der Waals surface area contributed by atoms with Crippen LogP contribution < -0.4 is 9.47 Å². The van der Waals surface area contributed by atoms with E-state index >= 15 is 0 Å². The minimum atomic E-state index is -0.315. The molecule has 0 fully saturated rings. The first-order valence-electron chi connectivity index (χ1n) is 13.9. The van der Waals surface area contributed by atoms with Gasteiger partial charge in [0, 0.05) is 20.1 Å². The molecule has 3 unspecified atom stereocenters. The molecule has 5 nitrogen and oxygen atoms in total. The van der Waals surface area contributed by atoms with Crippen molar-refractivity contribution < 1.29 is 24.1 Å². The zero-order valence-electron chi connectivity index (χ0n) is 23.9. The van der Waals surface area contributed by atoms with E-state index in [-0.39, 0.29) is 6.10 Å². The van der Waals surface area contributed by atoms with Gasteiger partial charge in [-0.25, -0.2) is 0 Å². The molecule has 0 spiro atoms. The van der Waals surface area contributed by atoms with Crippen LogP contribution >= 0.6 is 0 Å². The van der Waals surface area contributed by atoms with Crippen LogP contribution in [0, 0.1) is 23.7 Å². The summed E-state index contributed by atoms with van der Waals surface area (Å²) in [6.45, 7) is 11.6. The Hall–Kier alpha value is -2.08. The minimum Gasteiger partial charge on any atom is -0.493 e. The molecule has 0 aliphatic carbocycles. The summed E-state index contributed by atoms with van der Waals surface area (Å²) in [5.74, 6) is 3.36. The largest absolute Gasteiger partial charge is 0.493 e. The number of benzene rings is 2. The van der Waals surface area contributed by atoms with Crippen LogP contribution in [0.4, 0.5) is 0 Å². The van der Waals surface area contributed by atoms with Gasteiger partial charge in [0.15, 0.2) is 11.5 Å². The zero-order valence-corrected chi connectivity index (χ0v) is 23.9. The van der Waals surface area contributed by atoms with Crippen molar-refractivity contribution in [3.8, 4) is 11.5 Å². The molecule has 2 aromatic rings. The Kier molecular flexibility index (Phi) is 14.7. The van der Waals surface area contributed by atoms with Gasteiger partial charge in [0.2, 0.25) is 0 Å². The lowest BCUT2D eigenvalue weighted by molar-refractivity contribution is 0.0380. The van der Waals surface area contributed by atoms with Gasteiger partial charge in [0.05, 0.1) is 33.0 Å². The summed E-state index contributed by atoms with van der Waals surface area (Å²) in [7, 11) is 3.37. The number of aliphatic hydroxyl groups excluding tert-OH is 1. The zero-order chi connectivity index (χ0) is 27.0. The van der Waals surface area contributed by atoms with Gasteiger partial charge in [0.1, 0.15) is 0 Å². The third-order valence-corrected chi connectivity index (χ3v) is 7.25. The molecular formula is C32H50O5. The predicted molar refractivity (Wildman–Crippen MR) is 151 cm³/mol. The van der Waals surface area contributed by atoms with Crippen molar-refractivity contribution in [1.29, 1.82) is 0 Å². The summed E-state index contributed by atoms with van der Waals surface area (Å²) < 4.78 is 22.6. The fourth-order valence-electron chi connectivity index (χ4n) is 4.63. The lowest BCUT2D eigenvalue weighted by Gasteiger charge is -2.26. The second-order valence-corrected chi connectivity index (χ2v) is 10.9. The fourth-order valence-corrected chi connectivity index (χ4v) is 4.63. The summed E-state index contributed by atoms with van der Waals surface area (Å²) in [5, 5.41) is 10.9. The highest BCUT2D eigenvalue weighted by molar-refractivity contribution is 5.43. The molecule has 3 atom stereocenters. The van der Waals surface area contributed by atoms with Gasteiger partial charge in [0.25, 0.3) is 0 Å². The Morgan fingerprint density at radius 1 is 0.784 bits per heavy atom. The smallest absolute Gasteiger partial charge is 0.161 e. The van der Waals surface area contributed by atoms with Gasteiger partial charge in [-0.2, -0.15) is 0 Å². The number of hydrogen-bond acceptors (Lipinski definition) is 5. The fraction of sp³-hybridized carbons (Fsp3) is 0.625. The van der Waals surface area contributed by atoms with Crippen molar-refractivity contribution in [3.05, 3.63) is 59.7 Å². The average Bonchev–Trinajstić information content (AvgIpc) is 2.89. The first-order chi connectivity index (χ1) is 17.8. The Bertz CT molecular complexity index is 852. The SMILES string of the molecule is COCCCOc1cc(CC(CCC(O)CC(COCc2ccccc2)C(C)C)C(C)C)ccc1OC. The van der Waals surface area contributed by atoms with Crippen LogP contribution in [0.1, 0.15) is 64.5 Å². The molecule has 37 heavy (non-hydrogen) atoms. The Morgan fingerprint density at radius 3 is 2.16 bits per heavy atom. The van der Waals surface area contributed by atoms with Crippen LogP contribution in [0.5, 0.6) is 11.5 Å². The molecule has 2 aromatic carbocycles. The highest BCUT2D eigenvalue weighted by Gasteiger charge is 2.21. The number of ether oxygens (including phenoxy) is 4. The molecule has 5 heteroatoms. The lowest BCUT2D eigenvalue weighted by Crippen LogP contribution is -2.24. The Morgan fingerprint density at radius 2 is 1.51 bits per heavy atom.